The van der Waals surface area contributed by atoms with E-state index in [1.807, 2.05) is 54.6 Å². The highest BCUT2D eigenvalue weighted by molar-refractivity contribution is 5.95. The highest BCUT2D eigenvalue weighted by Crippen LogP contribution is 2.27. The molecule has 0 radical (unpaired) electrons. The van der Waals surface area contributed by atoms with Gasteiger partial charge in [0.15, 0.2) is 17.1 Å². The van der Waals surface area contributed by atoms with Crippen molar-refractivity contribution in [1.29, 1.82) is 0 Å². The first-order valence-corrected chi connectivity index (χ1v) is 11.1. The van der Waals surface area contributed by atoms with Gasteiger partial charge in [0.05, 0.1) is 31.2 Å². The van der Waals surface area contributed by atoms with E-state index in [4.69, 9.17) is 14.6 Å². The quantitative estimate of drug-likeness (QED) is 0.416. The van der Waals surface area contributed by atoms with Gasteiger partial charge in [-0.15, -0.1) is 0 Å². The lowest BCUT2D eigenvalue weighted by atomic mass is 10.1. The highest BCUT2D eigenvalue weighted by atomic mass is 16.5. The molecule has 0 aliphatic heterocycles. The Bertz CT molecular complexity index is 1250. The van der Waals surface area contributed by atoms with Crippen LogP contribution >= 0.6 is 0 Å². The lowest BCUT2D eigenvalue weighted by molar-refractivity contribution is 0.0952. The van der Waals surface area contributed by atoms with Gasteiger partial charge in [-0.05, 0) is 30.5 Å². The fourth-order valence-corrected chi connectivity index (χ4v) is 3.85. The molecule has 7 heteroatoms. The largest absolute Gasteiger partial charge is 0.493 e. The van der Waals surface area contributed by atoms with Crippen molar-refractivity contribution in [2.45, 2.75) is 26.2 Å². The maximum absolute atomic E-state index is 13.0. The number of ether oxygens (including phenoxy) is 2. The number of carbonyl (C=O) groups excluding carboxylic acids is 1. The first-order chi connectivity index (χ1) is 16.1. The monoisotopic (exact) mass is 444 g/mol. The van der Waals surface area contributed by atoms with Crippen LogP contribution in [0.2, 0.25) is 0 Å². The highest BCUT2D eigenvalue weighted by Gasteiger charge is 2.17. The van der Waals surface area contributed by atoms with E-state index < -0.39 is 0 Å². The van der Waals surface area contributed by atoms with Gasteiger partial charge < -0.3 is 14.8 Å². The van der Waals surface area contributed by atoms with Gasteiger partial charge in [0.2, 0.25) is 0 Å². The molecule has 1 N–H and O–H groups in total. The van der Waals surface area contributed by atoms with Crippen LogP contribution in [0.5, 0.6) is 11.5 Å². The van der Waals surface area contributed by atoms with Gasteiger partial charge in [-0.25, -0.2) is 9.50 Å². The molecular weight excluding hydrogens is 416 g/mol. The summed E-state index contributed by atoms with van der Waals surface area (Å²) in [5, 5.41) is 7.78. The lowest BCUT2D eigenvalue weighted by Crippen LogP contribution is -2.28. The van der Waals surface area contributed by atoms with Crippen molar-refractivity contribution in [2.75, 3.05) is 20.8 Å². The Balaban J connectivity index is 1.53. The number of nitrogens with one attached hydrogen (secondary N) is 1. The Hall–Kier alpha value is -3.87. The van der Waals surface area contributed by atoms with Gasteiger partial charge in [-0.2, -0.15) is 5.10 Å². The molecule has 0 atom stereocenters. The van der Waals surface area contributed by atoms with Crippen molar-refractivity contribution in [3.8, 4) is 22.8 Å². The van der Waals surface area contributed by atoms with Crippen LogP contribution in [0.15, 0.2) is 60.8 Å². The van der Waals surface area contributed by atoms with Crippen LogP contribution < -0.4 is 14.8 Å². The maximum atomic E-state index is 13.0. The molecule has 0 fully saturated rings. The first-order valence-electron chi connectivity index (χ1n) is 11.1. The van der Waals surface area contributed by atoms with E-state index in [1.54, 1.807) is 24.9 Å². The second-order valence-electron chi connectivity index (χ2n) is 7.73. The fourth-order valence-electron chi connectivity index (χ4n) is 3.85. The smallest absolute Gasteiger partial charge is 0.254 e. The summed E-state index contributed by atoms with van der Waals surface area (Å²) in [5.41, 5.74) is 5.07. The van der Waals surface area contributed by atoms with Crippen molar-refractivity contribution in [3.63, 3.8) is 0 Å². The lowest BCUT2D eigenvalue weighted by Gasteiger charge is -2.12. The summed E-state index contributed by atoms with van der Waals surface area (Å²) in [6.07, 6.45) is 3.95. The van der Waals surface area contributed by atoms with Crippen LogP contribution in [0.4, 0.5) is 0 Å². The zero-order valence-corrected chi connectivity index (χ0v) is 19.2. The van der Waals surface area contributed by atoms with Gasteiger partial charge in [-0.1, -0.05) is 49.7 Å². The van der Waals surface area contributed by atoms with E-state index in [0.29, 0.717) is 30.0 Å². The summed E-state index contributed by atoms with van der Waals surface area (Å²) >= 11 is 0. The number of hydrogen-bond acceptors (Lipinski definition) is 5. The Morgan fingerprint density at radius 1 is 1.00 bits per heavy atom. The summed E-state index contributed by atoms with van der Waals surface area (Å²) in [6.45, 7) is 2.58. The molecule has 0 bridgehead atoms. The van der Waals surface area contributed by atoms with Gasteiger partial charge >= 0.3 is 0 Å². The zero-order valence-electron chi connectivity index (χ0n) is 19.2. The summed E-state index contributed by atoms with van der Waals surface area (Å²) in [4.78, 5) is 17.5. The third kappa shape index (κ3) is 4.82. The molecule has 33 heavy (non-hydrogen) atoms. The minimum atomic E-state index is -0.148. The molecule has 2 heterocycles. The van der Waals surface area contributed by atoms with Crippen molar-refractivity contribution < 1.29 is 14.3 Å². The molecule has 0 saturated carbocycles. The van der Waals surface area contributed by atoms with E-state index in [1.165, 1.54) is 0 Å². The van der Waals surface area contributed by atoms with E-state index in [0.717, 1.165) is 41.0 Å². The van der Waals surface area contributed by atoms with E-state index in [-0.39, 0.29) is 5.91 Å². The summed E-state index contributed by atoms with van der Waals surface area (Å²) in [7, 11) is 3.22. The minimum Gasteiger partial charge on any atom is -0.493 e. The van der Waals surface area contributed by atoms with Crippen LogP contribution in [-0.2, 0) is 12.8 Å². The second kappa shape index (κ2) is 10.2. The molecule has 2 aromatic carbocycles. The molecule has 0 saturated heterocycles. The van der Waals surface area contributed by atoms with E-state index >= 15 is 0 Å². The molecule has 4 aromatic rings. The number of rotatable bonds is 9. The minimum absolute atomic E-state index is 0.148. The van der Waals surface area contributed by atoms with Gasteiger partial charge in [0, 0.05) is 24.4 Å². The summed E-state index contributed by atoms with van der Waals surface area (Å²) < 4.78 is 12.4. The molecule has 170 valence electrons. The van der Waals surface area contributed by atoms with Crippen LogP contribution in [0, 0.1) is 0 Å². The number of hydrogen-bond donors (Lipinski definition) is 1. The molecule has 7 nitrogen and oxygen atoms in total. The molecule has 0 spiro atoms. The van der Waals surface area contributed by atoms with Crippen LogP contribution in [-0.4, -0.2) is 41.3 Å². The SMILES string of the molecule is CCCc1c(C(=O)NCCc2ccc(OC)c(OC)c2)cnc2cc(-c3ccccc3)nn12. The topological polar surface area (TPSA) is 77.8 Å². The molecule has 4 rings (SSSR count). The predicted molar refractivity (Wildman–Crippen MR) is 128 cm³/mol. The molecule has 1 amide bonds. The number of aromatic nitrogens is 3. The summed E-state index contributed by atoms with van der Waals surface area (Å²) in [5.74, 6) is 1.21. The number of amides is 1. The first kappa shape index (κ1) is 22.3. The zero-order chi connectivity index (χ0) is 23.2. The van der Waals surface area contributed by atoms with Crippen molar-refractivity contribution in [3.05, 3.63) is 77.6 Å². The average Bonchev–Trinajstić information content (AvgIpc) is 3.29. The predicted octanol–water partition coefficient (Wildman–Crippen LogP) is 4.34. The summed E-state index contributed by atoms with van der Waals surface area (Å²) in [6, 6.07) is 17.7. The normalized spacial score (nSPS) is 10.9. The van der Waals surface area contributed by atoms with Crippen LogP contribution in [0.1, 0.15) is 35.0 Å². The van der Waals surface area contributed by atoms with Crippen molar-refractivity contribution >= 4 is 11.6 Å². The molecule has 0 aliphatic rings. The van der Waals surface area contributed by atoms with Crippen LogP contribution in [0.25, 0.3) is 16.9 Å². The number of fused-ring (bicyclic) bond motifs is 1. The van der Waals surface area contributed by atoms with Crippen LogP contribution in [0.3, 0.4) is 0 Å². The third-order valence-corrected chi connectivity index (χ3v) is 5.53. The van der Waals surface area contributed by atoms with Gasteiger partial charge in [-0.3, -0.25) is 4.79 Å². The molecule has 0 unspecified atom stereocenters. The number of nitrogens with zero attached hydrogens (tertiary/aromatic N) is 3. The number of aryl methyl sites for hydroxylation is 1. The van der Waals surface area contributed by atoms with Gasteiger partial charge in [0.25, 0.3) is 5.91 Å². The molecule has 0 aliphatic carbocycles. The Kier molecular flexibility index (Phi) is 6.88. The third-order valence-electron chi connectivity index (χ3n) is 5.53. The van der Waals surface area contributed by atoms with Gasteiger partial charge in [0.1, 0.15) is 0 Å². The standard InChI is InChI=1S/C26H28N4O3/c1-4-8-22-20(17-28-25-16-21(29-30(22)25)19-9-6-5-7-10-19)26(31)27-14-13-18-11-12-23(32-2)24(15-18)33-3/h5-7,9-12,15-17H,4,8,13-14H2,1-3H3,(H,27,31). The average molecular weight is 445 g/mol. The molecule has 2 aromatic heterocycles. The second-order valence-corrected chi connectivity index (χ2v) is 7.73. The van der Waals surface area contributed by atoms with E-state index in [2.05, 4.69) is 17.2 Å². The van der Waals surface area contributed by atoms with E-state index in [9.17, 15) is 4.79 Å². The number of benzene rings is 2. The Morgan fingerprint density at radius 3 is 2.52 bits per heavy atom. The fraction of sp³-hybridized carbons (Fsp3) is 0.269. The Labute approximate surface area is 193 Å². The maximum Gasteiger partial charge on any atom is 0.254 e. The number of carbonyl (C=O) groups is 1. The molecular formula is C26H28N4O3. The van der Waals surface area contributed by atoms with Crippen molar-refractivity contribution in [1.82, 2.24) is 19.9 Å². The van der Waals surface area contributed by atoms with Crippen molar-refractivity contribution in [2.24, 2.45) is 0 Å². The number of methoxy groups -OCH3 is 2. The Morgan fingerprint density at radius 2 is 1.79 bits per heavy atom.